The lowest BCUT2D eigenvalue weighted by molar-refractivity contribution is 0.165. The van der Waals surface area contributed by atoms with Crippen LogP contribution in [0.5, 0.6) is 5.88 Å². The molecule has 2 rings (SSSR count). The molecular formula is C11H16N2O2. The van der Waals surface area contributed by atoms with Crippen LogP contribution in [0.4, 0.5) is 5.69 Å². The number of ether oxygens (including phenoxy) is 2. The number of nitrogens with two attached hydrogens (primary N) is 1. The van der Waals surface area contributed by atoms with Gasteiger partial charge in [0.25, 0.3) is 0 Å². The summed E-state index contributed by atoms with van der Waals surface area (Å²) in [6.45, 7) is 4.20. The third-order valence-electron chi connectivity index (χ3n) is 2.59. The fourth-order valence-corrected chi connectivity index (χ4v) is 1.55. The standard InChI is InChI=1S/C11H16N2O2/c1-8-10(12)2-3-11(13-8)15-7-9-4-5-14-6-9/h2-3,9H,4-7,12H2,1H3. The summed E-state index contributed by atoms with van der Waals surface area (Å²) >= 11 is 0. The van der Waals surface area contributed by atoms with Gasteiger partial charge in [0.2, 0.25) is 5.88 Å². The van der Waals surface area contributed by atoms with Gasteiger partial charge < -0.3 is 15.2 Å². The van der Waals surface area contributed by atoms with Crippen LogP contribution in [0.2, 0.25) is 0 Å². The van der Waals surface area contributed by atoms with Crippen molar-refractivity contribution in [2.45, 2.75) is 13.3 Å². The van der Waals surface area contributed by atoms with Gasteiger partial charge in [-0.15, -0.1) is 0 Å². The molecule has 0 amide bonds. The van der Waals surface area contributed by atoms with Gasteiger partial charge in [0.05, 0.1) is 24.6 Å². The Bertz CT molecular complexity index is 335. The van der Waals surface area contributed by atoms with Gasteiger partial charge in [-0.1, -0.05) is 0 Å². The Morgan fingerprint density at radius 1 is 1.60 bits per heavy atom. The van der Waals surface area contributed by atoms with Crippen molar-refractivity contribution in [1.82, 2.24) is 4.98 Å². The molecule has 1 aliphatic rings. The van der Waals surface area contributed by atoms with E-state index < -0.39 is 0 Å². The molecule has 1 aliphatic heterocycles. The number of hydrogen-bond donors (Lipinski definition) is 1. The zero-order chi connectivity index (χ0) is 10.7. The summed E-state index contributed by atoms with van der Waals surface area (Å²) in [5.41, 5.74) is 7.18. The monoisotopic (exact) mass is 208 g/mol. The van der Waals surface area contributed by atoms with Crippen LogP contribution in [0.1, 0.15) is 12.1 Å². The summed E-state index contributed by atoms with van der Waals surface area (Å²) in [4.78, 5) is 4.25. The molecule has 0 radical (unpaired) electrons. The SMILES string of the molecule is Cc1nc(OCC2CCOC2)ccc1N. The number of nitrogen functional groups attached to an aromatic ring is 1. The van der Waals surface area contributed by atoms with Crippen molar-refractivity contribution in [1.29, 1.82) is 0 Å². The zero-order valence-corrected chi connectivity index (χ0v) is 8.90. The van der Waals surface area contributed by atoms with E-state index in [1.165, 1.54) is 0 Å². The van der Waals surface area contributed by atoms with Crippen LogP contribution >= 0.6 is 0 Å². The highest BCUT2D eigenvalue weighted by Gasteiger charge is 2.16. The first kappa shape index (κ1) is 10.2. The summed E-state index contributed by atoms with van der Waals surface area (Å²) in [7, 11) is 0. The van der Waals surface area contributed by atoms with E-state index in [0.29, 0.717) is 24.1 Å². The van der Waals surface area contributed by atoms with Crippen molar-refractivity contribution in [2.24, 2.45) is 5.92 Å². The molecule has 1 fully saturated rings. The van der Waals surface area contributed by atoms with Gasteiger partial charge in [-0.3, -0.25) is 0 Å². The fraction of sp³-hybridized carbons (Fsp3) is 0.545. The fourth-order valence-electron chi connectivity index (χ4n) is 1.55. The molecule has 1 atom stereocenters. The average molecular weight is 208 g/mol. The number of aryl methyl sites for hydroxylation is 1. The molecule has 4 nitrogen and oxygen atoms in total. The smallest absolute Gasteiger partial charge is 0.213 e. The number of hydrogen-bond acceptors (Lipinski definition) is 4. The van der Waals surface area contributed by atoms with E-state index in [2.05, 4.69) is 4.98 Å². The molecule has 1 aromatic heterocycles. The summed E-state index contributed by atoms with van der Waals surface area (Å²) in [6, 6.07) is 3.63. The van der Waals surface area contributed by atoms with E-state index >= 15 is 0 Å². The molecule has 1 unspecified atom stereocenters. The van der Waals surface area contributed by atoms with Crippen LogP contribution in [-0.4, -0.2) is 24.8 Å². The lowest BCUT2D eigenvalue weighted by atomic mass is 10.1. The number of nitrogens with zero attached hydrogens (tertiary/aromatic N) is 1. The first-order chi connectivity index (χ1) is 7.25. The maximum absolute atomic E-state index is 5.67. The molecule has 0 spiro atoms. The molecule has 1 saturated heterocycles. The summed E-state index contributed by atoms with van der Waals surface area (Å²) < 4.78 is 10.8. The minimum atomic E-state index is 0.504. The van der Waals surface area contributed by atoms with Crippen LogP contribution in [-0.2, 0) is 4.74 Å². The second-order valence-corrected chi connectivity index (χ2v) is 3.86. The topological polar surface area (TPSA) is 57.4 Å². The van der Waals surface area contributed by atoms with E-state index in [0.717, 1.165) is 25.3 Å². The highest BCUT2D eigenvalue weighted by atomic mass is 16.5. The van der Waals surface area contributed by atoms with Gasteiger partial charge in [0.1, 0.15) is 0 Å². The zero-order valence-electron chi connectivity index (χ0n) is 8.90. The van der Waals surface area contributed by atoms with Gasteiger partial charge in [0, 0.05) is 18.6 Å². The van der Waals surface area contributed by atoms with Crippen LogP contribution in [0.15, 0.2) is 12.1 Å². The maximum atomic E-state index is 5.67. The quantitative estimate of drug-likeness (QED) is 0.815. The lowest BCUT2D eigenvalue weighted by Crippen LogP contribution is -2.12. The average Bonchev–Trinajstić information content (AvgIpc) is 2.73. The summed E-state index contributed by atoms with van der Waals surface area (Å²) in [5.74, 6) is 1.15. The first-order valence-electron chi connectivity index (χ1n) is 5.19. The molecular weight excluding hydrogens is 192 g/mol. The molecule has 0 aliphatic carbocycles. The van der Waals surface area contributed by atoms with Crippen molar-refractivity contribution in [3.63, 3.8) is 0 Å². The van der Waals surface area contributed by atoms with Crippen molar-refractivity contribution in [3.05, 3.63) is 17.8 Å². The van der Waals surface area contributed by atoms with Gasteiger partial charge in [-0.25, -0.2) is 4.98 Å². The molecule has 4 heteroatoms. The van der Waals surface area contributed by atoms with Crippen LogP contribution in [0, 0.1) is 12.8 Å². The van der Waals surface area contributed by atoms with Gasteiger partial charge in [0.15, 0.2) is 0 Å². The molecule has 0 saturated carbocycles. The number of pyridine rings is 1. The van der Waals surface area contributed by atoms with Crippen molar-refractivity contribution in [3.8, 4) is 5.88 Å². The highest BCUT2D eigenvalue weighted by molar-refractivity contribution is 5.43. The summed E-state index contributed by atoms with van der Waals surface area (Å²) in [6.07, 6.45) is 1.08. The Labute approximate surface area is 89.4 Å². The van der Waals surface area contributed by atoms with Crippen LogP contribution < -0.4 is 10.5 Å². The van der Waals surface area contributed by atoms with Crippen molar-refractivity contribution in [2.75, 3.05) is 25.6 Å². The third kappa shape index (κ3) is 2.59. The Balaban J connectivity index is 1.90. The Hall–Kier alpha value is -1.29. The second-order valence-electron chi connectivity index (χ2n) is 3.86. The minimum absolute atomic E-state index is 0.504. The Morgan fingerprint density at radius 2 is 2.47 bits per heavy atom. The molecule has 2 heterocycles. The van der Waals surface area contributed by atoms with Crippen molar-refractivity contribution < 1.29 is 9.47 Å². The van der Waals surface area contributed by atoms with Crippen LogP contribution in [0.25, 0.3) is 0 Å². The second kappa shape index (κ2) is 4.49. The number of aromatic nitrogens is 1. The Kier molecular flexibility index (Phi) is 3.06. The molecule has 1 aromatic rings. The van der Waals surface area contributed by atoms with E-state index in [4.69, 9.17) is 15.2 Å². The molecule has 15 heavy (non-hydrogen) atoms. The van der Waals surface area contributed by atoms with Crippen molar-refractivity contribution >= 4 is 5.69 Å². The minimum Gasteiger partial charge on any atom is -0.477 e. The molecule has 0 aromatic carbocycles. The number of rotatable bonds is 3. The van der Waals surface area contributed by atoms with Crippen LogP contribution in [0.3, 0.4) is 0 Å². The normalized spacial score (nSPS) is 20.5. The third-order valence-corrected chi connectivity index (χ3v) is 2.59. The van der Waals surface area contributed by atoms with Gasteiger partial charge in [-0.05, 0) is 19.4 Å². The first-order valence-corrected chi connectivity index (χ1v) is 5.19. The van der Waals surface area contributed by atoms with E-state index in [1.54, 1.807) is 6.07 Å². The summed E-state index contributed by atoms with van der Waals surface area (Å²) in [5, 5.41) is 0. The maximum Gasteiger partial charge on any atom is 0.213 e. The highest BCUT2D eigenvalue weighted by Crippen LogP contribution is 2.17. The lowest BCUT2D eigenvalue weighted by Gasteiger charge is -2.10. The Morgan fingerprint density at radius 3 is 3.13 bits per heavy atom. The predicted octanol–water partition coefficient (Wildman–Crippen LogP) is 1.39. The molecule has 0 bridgehead atoms. The van der Waals surface area contributed by atoms with Gasteiger partial charge in [-0.2, -0.15) is 0 Å². The molecule has 82 valence electrons. The van der Waals surface area contributed by atoms with E-state index in [9.17, 15) is 0 Å². The van der Waals surface area contributed by atoms with E-state index in [1.807, 2.05) is 13.0 Å². The van der Waals surface area contributed by atoms with E-state index in [-0.39, 0.29) is 0 Å². The van der Waals surface area contributed by atoms with Gasteiger partial charge >= 0.3 is 0 Å². The predicted molar refractivity (Wildman–Crippen MR) is 57.8 cm³/mol. The molecule has 2 N–H and O–H groups in total. The largest absolute Gasteiger partial charge is 0.477 e. The number of anilines is 1.